The Morgan fingerprint density at radius 3 is 2.36 bits per heavy atom. The molecule has 0 aliphatic heterocycles. The van der Waals surface area contributed by atoms with Crippen molar-refractivity contribution in [2.75, 3.05) is 13.1 Å². The number of furan rings is 1. The fourth-order valence-electron chi connectivity index (χ4n) is 15.6. The van der Waals surface area contributed by atoms with Crippen LogP contribution < -0.4 is 4.74 Å². The molecule has 13 rings (SSSR count). The van der Waals surface area contributed by atoms with E-state index in [0.717, 1.165) is 48.6 Å². The third kappa shape index (κ3) is 6.28. The maximum Gasteiger partial charge on any atom is 0.416 e. The van der Waals surface area contributed by atoms with Crippen LogP contribution in [-0.2, 0) is 6.18 Å². The molecule has 3 aromatic carbocycles. The normalized spacial score (nSPS) is 37.0. The number of rotatable bonds is 8. The number of ketones is 1. The maximum absolute atomic E-state index is 15.3. The van der Waals surface area contributed by atoms with Crippen molar-refractivity contribution in [1.29, 1.82) is 0 Å². The van der Waals surface area contributed by atoms with Gasteiger partial charge in [-0.3, -0.25) is 4.79 Å². The quantitative estimate of drug-likeness (QED) is 0.135. The molecule has 66 heavy (non-hydrogen) atoms. The molecule has 1 amide bonds. The molecule has 1 heterocycles. The highest BCUT2D eigenvalue weighted by atomic mass is 35.5. The number of halogens is 4. The first-order chi connectivity index (χ1) is 31.2. The highest BCUT2D eigenvalue weighted by Crippen LogP contribution is 2.78. The highest BCUT2D eigenvalue weighted by molar-refractivity contribution is 6.33. The lowest BCUT2D eigenvalue weighted by Crippen LogP contribution is -2.67. The number of Topliss-reactive ketones (excluding diaryl/α,β-unsaturated/α-hetero) is 1. The molecular formula is C55H59ClF3NO6. The van der Waals surface area contributed by atoms with Crippen LogP contribution in [0.5, 0.6) is 5.75 Å². The second-order valence-corrected chi connectivity index (χ2v) is 22.9. The monoisotopic (exact) mass is 921 g/mol. The largest absolute Gasteiger partial charge is 0.453 e. The van der Waals surface area contributed by atoms with Crippen LogP contribution in [0.15, 0.2) is 101 Å². The number of amides is 1. The van der Waals surface area contributed by atoms with Crippen molar-refractivity contribution >= 4 is 34.2 Å². The van der Waals surface area contributed by atoms with Crippen LogP contribution in [0.4, 0.5) is 18.0 Å². The average Bonchev–Trinajstić information content (AvgIpc) is 3.88. The predicted molar refractivity (Wildman–Crippen MR) is 247 cm³/mol. The lowest BCUT2D eigenvalue weighted by molar-refractivity contribution is -0.176. The van der Waals surface area contributed by atoms with E-state index in [1.165, 1.54) is 18.2 Å². The van der Waals surface area contributed by atoms with Crippen molar-refractivity contribution in [1.82, 2.24) is 4.90 Å². The zero-order valence-electron chi connectivity index (χ0n) is 38.1. The van der Waals surface area contributed by atoms with Crippen LogP contribution in [0, 0.1) is 56.7 Å². The second kappa shape index (κ2) is 14.8. The number of allylic oxidation sites excluding steroid dienone is 4. The minimum atomic E-state index is -4.60. The summed E-state index contributed by atoms with van der Waals surface area (Å²) in [7, 11) is 0. The molecular weight excluding hydrogens is 863 g/mol. The fourth-order valence-corrected chi connectivity index (χ4v) is 15.8. The number of fused-ring (bicyclic) bond motifs is 4. The van der Waals surface area contributed by atoms with Gasteiger partial charge in [-0.25, -0.2) is 4.79 Å². The van der Waals surface area contributed by atoms with E-state index in [1.54, 1.807) is 4.90 Å². The standard InChI is InChI=1S/C55H59ClF3NO6/c1-49(2)35-11-9-34(40(49)27-35)30-60(48(63)65-38-13-10-32-7-5-6-8-33(32)25-38)31-53(64)22-19-46-51(53,4)21-18-45-50(3)20-17-37(61)28-52(50)23-24-54(45,46)41(29-52)47(62)44-16-15-43(66-44)39-26-36(55(57,58)59)12-14-42(39)56/h5-8,10,12-16,23-26,29,34-35,37,40,45-46,61,64H,9,11,17-22,27-28,30-31H2,1-4H3. The summed E-state index contributed by atoms with van der Waals surface area (Å²) in [4.78, 5) is 31.8. The maximum atomic E-state index is 15.3. The predicted octanol–water partition coefficient (Wildman–Crippen LogP) is 13.1. The Labute approximate surface area is 389 Å². The number of carbonyl (C=O) groups is 2. The van der Waals surface area contributed by atoms with Crippen LogP contribution in [0.1, 0.15) is 108 Å². The molecule has 9 aliphatic rings. The molecule has 11 heteroatoms. The molecule has 7 nitrogen and oxygen atoms in total. The van der Waals surface area contributed by atoms with Crippen molar-refractivity contribution in [2.24, 2.45) is 56.7 Å². The van der Waals surface area contributed by atoms with Gasteiger partial charge in [-0.1, -0.05) is 87.9 Å². The summed E-state index contributed by atoms with van der Waals surface area (Å²) in [6, 6.07) is 19.7. The van der Waals surface area contributed by atoms with Gasteiger partial charge in [0, 0.05) is 33.9 Å². The van der Waals surface area contributed by atoms with Crippen molar-refractivity contribution in [3.63, 3.8) is 0 Å². The first-order valence-corrected chi connectivity index (χ1v) is 24.4. The van der Waals surface area contributed by atoms with Gasteiger partial charge in [0.25, 0.3) is 0 Å². The molecule has 11 unspecified atom stereocenters. The van der Waals surface area contributed by atoms with E-state index in [-0.39, 0.29) is 63.0 Å². The number of hydrogen-bond acceptors (Lipinski definition) is 6. The van der Waals surface area contributed by atoms with Gasteiger partial charge in [0.2, 0.25) is 5.78 Å². The van der Waals surface area contributed by atoms with Gasteiger partial charge < -0.3 is 24.3 Å². The topological polar surface area (TPSA) is 100 Å². The van der Waals surface area contributed by atoms with Crippen LogP contribution in [0.2, 0.25) is 5.02 Å². The van der Waals surface area contributed by atoms with E-state index in [9.17, 15) is 28.2 Å². The lowest BCUT2D eigenvalue weighted by Gasteiger charge is -2.71. The third-order valence-corrected chi connectivity index (χ3v) is 19.8. The molecule has 0 radical (unpaired) electrons. The minimum Gasteiger partial charge on any atom is -0.453 e. The molecule has 6 saturated carbocycles. The Kier molecular flexibility index (Phi) is 9.91. The molecule has 2 N–H and O–H groups in total. The SMILES string of the molecule is CC1(C)C2CCC(CN(CC3(O)CCC4C56C=CC7(C=C5C(=O)c5ccc(-c8cc(C(F)(F)F)ccc8Cl)o5)CC(O)CCC7(C)C6CCC43C)C(=O)Oc3ccc4ccccc4c3)C1C2. The summed E-state index contributed by atoms with van der Waals surface area (Å²) in [6.07, 6.45) is 8.47. The van der Waals surface area contributed by atoms with E-state index in [0.29, 0.717) is 68.2 Å². The molecule has 1 aromatic heterocycles. The highest BCUT2D eigenvalue weighted by Gasteiger charge is 2.75. The Hall–Kier alpha value is -4.38. The fraction of sp³-hybridized carbons (Fsp3) is 0.527. The number of benzene rings is 3. The summed E-state index contributed by atoms with van der Waals surface area (Å²) in [5, 5.41) is 26.8. The summed E-state index contributed by atoms with van der Waals surface area (Å²) < 4.78 is 53.9. The van der Waals surface area contributed by atoms with Crippen molar-refractivity contribution in [2.45, 2.75) is 110 Å². The van der Waals surface area contributed by atoms with Crippen LogP contribution in [-0.4, -0.2) is 51.8 Å². The Balaban J connectivity index is 0.958. The molecule has 11 atom stereocenters. The van der Waals surface area contributed by atoms with E-state index < -0.39 is 45.8 Å². The molecule has 9 aliphatic carbocycles. The molecule has 348 valence electrons. The summed E-state index contributed by atoms with van der Waals surface area (Å²) in [5.74, 6) is 1.33. The number of carbonyl (C=O) groups excluding carboxylic acids is 2. The van der Waals surface area contributed by atoms with Gasteiger partial charge in [-0.05, 0) is 158 Å². The zero-order valence-corrected chi connectivity index (χ0v) is 38.9. The smallest absolute Gasteiger partial charge is 0.416 e. The second-order valence-electron chi connectivity index (χ2n) is 22.5. The Morgan fingerprint density at radius 2 is 1.61 bits per heavy atom. The zero-order chi connectivity index (χ0) is 46.4. The summed E-state index contributed by atoms with van der Waals surface area (Å²) in [6.45, 7) is 9.74. The van der Waals surface area contributed by atoms with E-state index >= 15 is 4.79 Å². The van der Waals surface area contributed by atoms with Gasteiger partial charge in [0.05, 0.1) is 28.8 Å². The van der Waals surface area contributed by atoms with Gasteiger partial charge in [0.1, 0.15) is 11.5 Å². The van der Waals surface area contributed by atoms with Crippen molar-refractivity contribution in [3.05, 3.63) is 113 Å². The summed E-state index contributed by atoms with van der Waals surface area (Å²) in [5.41, 5.74) is -3.92. The molecule has 0 saturated heterocycles. The minimum absolute atomic E-state index is 0.00921. The molecule has 4 aromatic rings. The number of ether oxygens (including phenoxy) is 1. The third-order valence-electron chi connectivity index (χ3n) is 19.4. The van der Waals surface area contributed by atoms with Gasteiger partial charge >= 0.3 is 12.3 Å². The first kappa shape index (κ1) is 44.1. The Bertz CT molecular complexity index is 2720. The van der Waals surface area contributed by atoms with Crippen LogP contribution >= 0.6 is 11.6 Å². The van der Waals surface area contributed by atoms with Gasteiger partial charge in [-0.2, -0.15) is 13.2 Å². The van der Waals surface area contributed by atoms with Gasteiger partial charge in [0.15, 0.2) is 5.76 Å². The number of aliphatic hydroxyl groups is 2. The Morgan fingerprint density at radius 1 is 0.864 bits per heavy atom. The van der Waals surface area contributed by atoms with Crippen molar-refractivity contribution < 1.29 is 42.1 Å². The van der Waals surface area contributed by atoms with Crippen molar-refractivity contribution in [3.8, 4) is 17.1 Å². The number of aliphatic hydroxyl groups excluding tert-OH is 1. The number of alkyl halides is 3. The molecule has 2 spiro atoms. The molecule has 4 bridgehead atoms. The molecule has 6 fully saturated rings. The summed E-state index contributed by atoms with van der Waals surface area (Å²) >= 11 is 6.45. The van der Waals surface area contributed by atoms with Crippen LogP contribution in [0.25, 0.3) is 22.1 Å². The van der Waals surface area contributed by atoms with E-state index in [4.69, 9.17) is 20.8 Å². The first-order valence-electron chi connectivity index (χ1n) is 24.0. The van der Waals surface area contributed by atoms with Gasteiger partial charge in [-0.15, -0.1) is 0 Å². The number of hydrogen-bond donors (Lipinski definition) is 2. The number of nitrogens with zero attached hydrogens (tertiary/aromatic N) is 1. The van der Waals surface area contributed by atoms with E-state index in [1.807, 2.05) is 42.5 Å². The lowest BCUT2D eigenvalue weighted by atomic mass is 9.32. The van der Waals surface area contributed by atoms with Crippen LogP contribution in [0.3, 0.4) is 0 Å². The average molecular weight is 923 g/mol. The van der Waals surface area contributed by atoms with E-state index in [2.05, 4.69) is 45.9 Å².